The zero-order chi connectivity index (χ0) is 22.3. The van der Waals surface area contributed by atoms with Gasteiger partial charge in [0.1, 0.15) is 5.75 Å². The van der Waals surface area contributed by atoms with Gasteiger partial charge in [0.25, 0.3) is 0 Å². The van der Waals surface area contributed by atoms with E-state index in [0.717, 1.165) is 24.2 Å². The lowest BCUT2D eigenvalue weighted by molar-refractivity contribution is -0.153. The topological polar surface area (TPSA) is 48.9 Å². The molecule has 1 aliphatic heterocycles. The fraction of sp³-hybridized carbons (Fsp3) is 0.348. The largest absolute Gasteiger partial charge is 0.484 e. The maximum absolute atomic E-state index is 12.6. The molecule has 2 aromatic rings. The van der Waals surface area contributed by atoms with Gasteiger partial charge in [0, 0.05) is 44.5 Å². The number of aliphatic imine (C=N–C) groups is 1. The summed E-state index contributed by atoms with van der Waals surface area (Å²) < 4.78 is 42.7. The number of alkyl halides is 3. The molecule has 2 aromatic carbocycles. The number of benzene rings is 2. The van der Waals surface area contributed by atoms with Crippen molar-refractivity contribution in [2.45, 2.75) is 26.2 Å². The molecule has 0 atom stereocenters. The summed E-state index contributed by atoms with van der Waals surface area (Å²) in [5, 5.41) is 6.38. The van der Waals surface area contributed by atoms with Crippen LogP contribution in [0.3, 0.4) is 0 Å². The van der Waals surface area contributed by atoms with Crippen molar-refractivity contribution < 1.29 is 17.9 Å². The first-order chi connectivity index (χ1) is 14.8. The molecule has 166 valence electrons. The summed E-state index contributed by atoms with van der Waals surface area (Å²) in [6.45, 7) is 3.17. The molecule has 31 heavy (non-hydrogen) atoms. The van der Waals surface area contributed by atoms with Crippen molar-refractivity contribution in [2.75, 3.05) is 31.6 Å². The zero-order valence-electron chi connectivity index (χ0n) is 17.7. The molecule has 0 aromatic heterocycles. The molecule has 0 fully saturated rings. The van der Waals surface area contributed by atoms with E-state index in [-0.39, 0.29) is 12.3 Å². The monoisotopic (exact) mass is 432 g/mol. The van der Waals surface area contributed by atoms with Crippen molar-refractivity contribution in [3.63, 3.8) is 0 Å². The molecule has 0 amide bonds. The van der Waals surface area contributed by atoms with Gasteiger partial charge >= 0.3 is 6.18 Å². The molecule has 3 rings (SSSR count). The van der Waals surface area contributed by atoms with Crippen molar-refractivity contribution in [3.8, 4) is 5.75 Å². The molecular formula is C23H27F3N4O. The van der Waals surface area contributed by atoms with Gasteiger partial charge in [-0.05, 0) is 36.2 Å². The molecule has 1 heterocycles. The second-order valence-corrected chi connectivity index (χ2v) is 7.34. The number of aryl methyl sites for hydroxylation is 1. The van der Waals surface area contributed by atoms with Gasteiger partial charge in [0.15, 0.2) is 12.6 Å². The quantitative estimate of drug-likeness (QED) is 0.392. The number of halogens is 3. The summed E-state index contributed by atoms with van der Waals surface area (Å²) in [6, 6.07) is 13.5. The van der Waals surface area contributed by atoms with E-state index in [1.165, 1.54) is 5.69 Å². The summed E-state index contributed by atoms with van der Waals surface area (Å²) in [7, 11) is 1.65. The Hall–Kier alpha value is -3.16. The minimum atomic E-state index is -4.38. The predicted octanol–water partition coefficient (Wildman–Crippen LogP) is 4.18. The van der Waals surface area contributed by atoms with Gasteiger partial charge in [0.2, 0.25) is 0 Å². The molecule has 0 radical (unpaired) electrons. The molecule has 5 nitrogen and oxygen atoms in total. The highest BCUT2D eigenvalue weighted by Gasteiger charge is 2.28. The third kappa shape index (κ3) is 6.94. The van der Waals surface area contributed by atoms with E-state index >= 15 is 0 Å². The molecule has 0 saturated carbocycles. The first-order valence-electron chi connectivity index (χ1n) is 10.1. The average Bonchev–Trinajstić information content (AvgIpc) is 3.28. The Labute approximate surface area is 180 Å². The maximum Gasteiger partial charge on any atom is 0.422 e. The van der Waals surface area contributed by atoms with Crippen LogP contribution in [0.1, 0.15) is 16.7 Å². The van der Waals surface area contributed by atoms with Crippen molar-refractivity contribution in [1.29, 1.82) is 0 Å². The number of nitrogens with one attached hydrogen (secondary N) is 2. The van der Waals surface area contributed by atoms with Gasteiger partial charge in [-0.2, -0.15) is 13.2 Å². The van der Waals surface area contributed by atoms with Crippen molar-refractivity contribution in [1.82, 2.24) is 10.6 Å². The van der Waals surface area contributed by atoms with E-state index in [1.54, 1.807) is 19.2 Å². The Morgan fingerprint density at radius 3 is 2.52 bits per heavy atom. The highest BCUT2D eigenvalue weighted by Crippen LogP contribution is 2.24. The van der Waals surface area contributed by atoms with Crippen LogP contribution in [0, 0.1) is 6.92 Å². The SMILES string of the molecule is CN=C(NCc1cccc(N2CC=CC2)c1)NCc1ccc(C)cc1OCC(F)(F)F. The number of ether oxygens (including phenoxy) is 1. The third-order valence-corrected chi connectivity index (χ3v) is 4.84. The van der Waals surface area contributed by atoms with E-state index in [9.17, 15) is 13.2 Å². The lowest BCUT2D eigenvalue weighted by Crippen LogP contribution is -2.36. The van der Waals surface area contributed by atoms with E-state index < -0.39 is 12.8 Å². The van der Waals surface area contributed by atoms with Gasteiger partial charge in [-0.3, -0.25) is 4.99 Å². The normalized spacial score (nSPS) is 14.1. The lowest BCUT2D eigenvalue weighted by atomic mass is 10.1. The zero-order valence-corrected chi connectivity index (χ0v) is 17.7. The second kappa shape index (κ2) is 10.2. The average molecular weight is 432 g/mol. The molecule has 0 saturated heterocycles. The molecule has 0 unspecified atom stereocenters. The summed E-state index contributed by atoms with van der Waals surface area (Å²) >= 11 is 0. The fourth-order valence-corrected chi connectivity index (χ4v) is 3.24. The van der Waals surface area contributed by atoms with Crippen LogP contribution in [0.5, 0.6) is 5.75 Å². The van der Waals surface area contributed by atoms with Crippen molar-refractivity contribution in [2.24, 2.45) is 4.99 Å². The fourth-order valence-electron chi connectivity index (χ4n) is 3.24. The van der Waals surface area contributed by atoms with Crippen LogP contribution in [-0.2, 0) is 13.1 Å². The molecular weight excluding hydrogens is 405 g/mol. The lowest BCUT2D eigenvalue weighted by Gasteiger charge is -2.19. The van der Waals surface area contributed by atoms with Crippen LogP contribution in [-0.4, -0.2) is 38.9 Å². The maximum atomic E-state index is 12.6. The first kappa shape index (κ1) is 22.5. The van der Waals surface area contributed by atoms with Gasteiger partial charge in [0.05, 0.1) is 0 Å². The van der Waals surface area contributed by atoms with Gasteiger partial charge < -0.3 is 20.3 Å². The Morgan fingerprint density at radius 1 is 1.06 bits per heavy atom. The first-order valence-corrected chi connectivity index (χ1v) is 10.1. The van der Waals surface area contributed by atoms with Crippen molar-refractivity contribution in [3.05, 3.63) is 71.3 Å². The second-order valence-electron chi connectivity index (χ2n) is 7.34. The van der Waals surface area contributed by atoms with Crippen LogP contribution in [0.15, 0.2) is 59.6 Å². The Balaban J connectivity index is 1.57. The number of rotatable bonds is 7. The minimum absolute atomic E-state index is 0.215. The van der Waals surface area contributed by atoms with E-state index in [2.05, 4.69) is 44.8 Å². The summed E-state index contributed by atoms with van der Waals surface area (Å²) in [6.07, 6.45) is -0.0887. The predicted molar refractivity (Wildman–Crippen MR) is 118 cm³/mol. The van der Waals surface area contributed by atoms with E-state index in [1.807, 2.05) is 25.1 Å². The van der Waals surface area contributed by atoms with Crippen LogP contribution in [0.4, 0.5) is 18.9 Å². The Kier molecular flexibility index (Phi) is 7.44. The molecule has 8 heteroatoms. The summed E-state index contributed by atoms with van der Waals surface area (Å²) in [5.74, 6) is 0.766. The van der Waals surface area contributed by atoms with Crippen LogP contribution >= 0.6 is 0 Å². The molecule has 2 N–H and O–H groups in total. The summed E-state index contributed by atoms with van der Waals surface area (Å²) in [5.41, 5.74) is 3.73. The number of anilines is 1. The van der Waals surface area contributed by atoms with Gasteiger partial charge in [-0.25, -0.2) is 0 Å². The van der Waals surface area contributed by atoms with E-state index in [0.29, 0.717) is 18.1 Å². The number of hydrogen-bond acceptors (Lipinski definition) is 3. The van der Waals surface area contributed by atoms with Crippen LogP contribution in [0.2, 0.25) is 0 Å². The van der Waals surface area contributed by atoms with Crippen LogP contribution in [0.25, 0.3) is 0 Å². The standard InChI is InChI=1S/C23H27F3N4O/c1-17-8-9-19(21(12-17)31-16-23(24,25)26)15-29-22(27-2)28-14-18-6-5-7-20(13-18)30-10-3-4-11-30/h3-9,12-13H,10-11,14-16H2,1-2H3,(H2,27,28,29). The molecule has 1 aliphatic rings. The smallest absolute Gasteiger partial charge is 0.422 e. The summed E-state index contributed by atoms with van der Waals surface area (Å²) in [4.78, 5) is 6.48. The Bertz CT molecular complexity index is 933. The van der Waals surface area contributed by atoms with Crippen molar-refractivity contribution >= 4 is 11.6 Å². The highest BCUT2D eigenvalue weighted by molar-refractivity contribution is 5.79. The van der Waals surface area contributed by atoms with E-state index in [4.69, 9.17) is 4.74 Å². The Morgan fingerprint density at radius 2 is 1.81 bits per heavy atom. The third-order valence-electron chi connectivity index (χ3n) is 4.84. The van der Waals surface area contributed by atoms with Crippen LogP contribution < -0.4 is 20.3 Å². The molecule has 0 bridgehead atoms. The number of nitrogens with zero attached hydrogens (tertiary/aromatic N) is 2. The number of guanidine groups is 1. The van der Waals surface area contributed by atoms with Gasteiger partial charge in [-0.15, -0.1) is 0 Å². The highest BCUT2D eigenvalue weighted by atomic mass is 19.4. The molecule has 0 aliphatic carbocycles. The molecule has 0 spiro atoms. The van der Waals surface area contributed by atoms with Gasteiger partial charge in [-0.1, -0.05) is 36.4 Å². The minimum Gasteiger partial charge on any atom is -0.484 e. The number of hydrogen-bond donors (Lipinski definition) is 2.